The molecular formula is C14H13F2NO3S. The quantitative estimate of drug-likeness (QED) is 0.851. The fourth-order valence-corrected chi connectivity index (χ4v) is 2.31. The number of aromatic nitrogens is 1. The van der Waals surface area contributed by atoms with Crippen LogP contribution in [0.2, 0.25) is 0 Å². The molecule has 21 heavy (non-hydrogen) atoms. The second kappa shape index (κ2) is 6.17. The lowest BCUT2D eigenvalue weighted by molar-refractivity contribution is 0.234. The van der Waals surface area contributed by atoms with Gasteiger partial charge in [0.1, 0.15) is 12.4 Å². The first-order chi connectivity index (χ1) is 9.89. The lowest BCUT2D eigenvalue weighted by Gasteiger charge is -2.07. The normalized spacial score (nSPS) is 11.6. The molecule has 1 heterocycles. The largest absolute Gasteiger partial charge is 0.487 e. The molecular weight excluding hydrogens is 300 g/mol. The van der Waals surface area contributed by atoms with Crippen molar-refractivity contribution in [1.82, 2.24) is 4.98 Å². The summed E-state index contributed by atoms with van der Waals surface area (Å²) in [5.41, 5.74) is 1.53. The molecule has 1 aromatic carbocycles. The minimum Gasteiger partial charge on any atom is -0.487 e. The van der Waals surface area contributed by atoms with E-state index in [2.05, 4.69) is 4.98 Å². The Bertz CT molecular complexity index is 698. The summed E-state index contributed by atoms with van der Waals surface area (Å²) in [4.78, 5) is 3.67. The van der Waals surface area contributed by atoms with Crippen LogP contribution in [0.1, 0.15) is 11.3 Å². The fourth-order valence-electron chi connectivity index (χ4n) is 1.58. The van der Waals surface area contributed by atoms with Crippen LogP contribution >= 0.6 is 0 Å². The molecule has 4 nitrogen and oxygen atoms in total. The topological polar surface area (TPSA) is 56.3 Å². The Morgan fingerprint density at radius 2 is 1.81 bits per heavy atom. The van der Waals surface area contributed by atoms with Crippen LogP contribution in [0.4, 0.5) is 8.78 Å². The molecule has 0 aliphatic rings. The molecule has 2 aromatic rings. The Balaban J connectivity index is 2.05. The SMILES string of the molecule is Cc1ccc(OCc2ccc(S(=O)(=O)C(F)F)cc2)cn1. The first kappa shape index (κ1) is 15.4. The first-order valence-corrected chi connectivity index (χ1v) is 7.60. The highest BCUT2D eigenvalue weighted by Crippen LogP contribution is 2.19. The highest BCUT2D eigenvalue weighted by atomic mass is 32.2. The van der Waals surface area contributed by atoms with Crippen molar-refractivity contribution in [2.75, 3.05) is 0 Å². The molecule has 0 bridgehead atoms. The van der Waals surface area contributed by atoms with Gasteiger partial charge in [0.15, 0.2) is 0 Å². The molecule has 2 rings (SSSR count). The number of aryl methyl sites for hydroxylation is 1. The molecule has 0 saturated heterocycles. The van der Waals surface area contributed by atoms with Gasteiger partial charge in [-0.3, -0.25) is 4.98 Å². The third kappa shape index (κ3) is 3.75. The lowest BCUT2D eigenvalue weighted by Crippen LogP contribution is -2.11. The van der Waals surface area contributed by atoms with Gasteiger partial charge in [-0.15, -0.1) is 0 Å². The molecule has 1 aromatic heterocycles. The minimum atomic E-state index is -4.55. The number of nitrogens with zero attached hydrogens (tertiary/aromatic N) is 1. The number of rotatable bonds is 5. The Kier molecular flexibility index (Phi) is 4.52. The molecule has 112 valence electrons. The molecule has 0 fully saturated rings. The Hall–Kier alpha value is -2.02. The second-order valence-corrected chi connectivity index (χ2v) is 6.29. The van der Waals surface area contributed by atoms with E-state index in [4.69, 9.17) is 4.74 Å². The van der Waals surface area contributed by atoms with Gasteiger partial charge >= 0.3 is 5.76 Å². The average molecular weight is 313 g/mol. The van der Waals surface area contributed by atoms with Crippen molar-refractivity contribution in [2.45, 2.75) is 24.2 Å². The number of hydrogen-bond acceptors (Lipinski definition) is 4. The van der Waals surface area contributed by atoms with Crippen molar-refractivity contribution in [3.05, 3.63) is 53.9 Å². The van der Waals surface area contributed by atoms with Crippen LogP contribution in [0, 0.1) is 6.92 Å². The minimum absolute atomic E-state index is 0.194. The van der Waals surface area contributed by atoms with Gasteiger partial charge in [-0.25, -0.2) is 8.42 Å². The molecule has 0 amide bonds. The van der Waals surface area contributed by atoms with E-state index < -0.39 is 20.5 Å². The maximum absolute atomic E-state index is 12.4. The van der Waals surface area contributed by atoms with E-state index in [1.165, 1.54) is 12.1 Å². The van der Waals surface area contributed by atoms with Crippen molar-refractivity contribution >= 4 is 9.84 Å². The van der Waals surface area contributed by atoms with Gasteiger partial charge in [0.25, 0.3) is 0 Å². The van der Waals surface area contributed by atoms with Crippen molar-refractivity contribution in [3.63, 3.8) is 0 Å². The Labute approximate surface area is 121 Å². The van der Waals surface area contributed by atoms with Crippen LogP contribution in [-0.4, -0.2) is 19.2 Å². The molecule has 0 radical (unpaired) electrons. The summed E-state index contributed by atoms with van der Waals surface area (Å²) in [6.07, 6.45) is 1.57. The summed E-state index contributed by atoms with van der Waals surface area (Å²) in [7, 11) is -4.55. The third-order valence-corrected chi connectivity index (χ3v) is 4.17. The van der Waals surface area contributed by atoms with Gasteiger partial charge in [-0.2, -0.15) is 8.78 Å². The number of halogens is 2. The summed E-state index contributed by atoms with van der Waals surface area (Å²) in [5.74, 6) is -2.84. The van der Waals surface area contributed by atoms with Gasteiger partial charge in [-0.1, -0.05) is 12.1 Å². The van der Waals surface area contributed by atoms with Gasteiger partial charge < -0.3 is 4.74 Å². The number of alkyl halides is 2. The number of pyridine rings is 1. The fraction of sp³-hybridized carbons (Fsp3) is 0.214. The summed E-state index contributed by atoms with van der Waals surface area (Å²) in [6, 6.07) is 8.74. The third-order valence-electron chi connectivity index (χ3n) is 2.78. The van der Waals surface area contributed by atoms with E-state index in [1.807, 2.05) is 6.92 Å². The molecule has 0 spiro atoms. The second-order valence-electron chi connectivity index (χ2n) is 4.37. The monoisotopic (exact) mass is 313 g/mol. The number of hydrogen-bond donors (Lipinski definition) is 0. The van der Waals surface area contributed by atoms with E-state index in [0.717, 1.165) is 17.8 Å². The van der Waals surface area contributed by atoms with E-state index in [1.54, 1.807) is 18.3 Å². The van der Waals surface area contributed by atoms with Crippen LogP contribution in [0.3, 0.4) is 0 Å². The van der Waals surface area contributed by atoms with Crippen molar-refractivity contribution in [3.8, 4) is 5.75 Å². The molecule has 0 N–H and O–H groups in total. The van der Waals surface area contributed by atoms with Crippen LogP contribution in [0.25, 0.3) is 0 Å². The zero-order chi connectivity index (χ0) is 15.5. The molecule has 0 saturated carbocycles. The van der Waals surface area contributed by atoms with Crippen molar-refractivity contribution in [1.29, 1.82) is 0 Å². The summed E-state index contributed by atoms with van der Waals surface area (Å²) in [5, 5.41) is 0. The molecule has 0 aliphatic heterocycles. The average Bonchev–Trinajstić information content (AvgIpc) is 2.47. The lowest BCUT2D eigenvalue weighted by atomic mass is 10.2. The summed E-state index contributed by atoms with van der Waals surface area (Å²) < 4.78 is 52.8. The maximum Gasteiger partial charge on any atom is 0.341 e. The van der Waals surface area contributed by atoms with Gasteiger partial charge in [0, 0.05) is 5.69 Å². The van der Waals surface area contributed by atoms with Crippen molar-refractivity contribution in [2.24, 2.45) is 0 Å². The molecule has 0 aliphatic carbocycles. The maximum atomic E-state index is 12.4. The molecule has 0 atom stereocenters. The highest BCUT2D eigenvalue weighted by Gasteiger charge is 2.26. The van der Waals surface area contributed by atoms with Gasteiger partial charge in [-0.05, 0) is 36.8 Å². The van der Waals surface area contributed by atoms with Gasteiger partial charge in [0.2, 0.25) is 9.84 Å². The van der Waals surface area contributed by atoms with Crippen molar-refractivity contribution < 1.29 is 21.9 Å². The zero-order valence-electron chi connectivity index (χ0n) is 11.2. The zero-order valence-corrected chi connectivity index (χ0v) is 12.0. The van der Waals surface area contributed by atoms with Crippen LogP contribution in [-0.2, 0) is 16.4 Å². The Morgan fingerprint density at radius 1 is 1.14 bits per heavy atom. The molecule has 0 unspecified atom stereocenters. The van der Waals surface area contributed by atoms with E-state index in [0.29, 0.717) is 11.3 Å². The Morgan fingerprint density at radius 3 is 2.33 bits per heavy atom. The first-order valence-electron chi connectivity index (χ1n) is 6.06. The predicted molar refractivity (Wildman–Crippen MR) is 72.9 cm³/mol. The summed E-state index contributed by atoms with van der Waals surface area (Å²) in [6.45, 7) is 2.05. The smallest absolute Gasteiger partial charge is 0.341 e. The number of sulfone groups is 1. The van der Waals surface area contributed by atoms with Gasteiger partial charge in [0.05, 0.1) is 11.1 Å². The van der Waals surface area contributed by atoms with Crippen LogP contribution in [0.15, 0.2) is 47.5 Å². The van der Waals surface area contributed by atoms with E-state index in [-0.39, 0.29) is 6.61 Å². The predicted octanol–water partition coefficient (Wildman–Crippen LogP) is 2.97. The van der Waals surface area contributed by atoms with E-state index >= 15 is 0 Å². The standard InChI is InChI=1S/C14H13F2NO3S/c1-10-2-5-12(8-17-10)20-9-11-3-6-13(7-4-11)21(18,19)14(15)16/h2-8,14H,9H2,1H3. The number of benzene rings is 1. The van der Waals surface area contributed by atoms with Crippen LogP contribution in [0.5, 0.6) is 5.75 Å². The van der Waals surface area contributed by atoms with Crippen LogP contribution < -0.4 is 4.74 Å². The summed E-state index contributed by atoms with van der Waals surface area (Å²) >= 11 is 0. The highest BCUT2D eigenvalue weighted by molar-refractivity contribution is 7.91. The molecule has 7 heteroatoms. The number of ether oxygens (including phenoxy) is 1. The van der Waals surface area contributed by atoms with E-state index in [9.17, 15) is 17.2 Å².